The number of phenols is 1. The molecular weight excluding hydrogens is 590 g/mol. The van der Waals surface area contributed by atoms with Gasteiger partial charge in [0.1, 0.15) is 18.1 Å². The molecule has 4 heteroatoms. The summed E-state index contributed by atoms with van der Waals surface area (Å²) in [4.78, 5) is 2.12. The van der Waals surface area contributed by atoms with Crippen molar-refractivity contribution in [3.63, 3.8) is 0 Å². The summed E-state index contributed by atoms with van der Waals surface area (Å²) in [6, 6.07) is 35.8. The van der Waals surface area contributed by atoms with Crippen LogP contribution in [0, 0.1) is 17.3 Å². The number of likely N-dealkylation sites (N-methyl/N-ethyl adjacent to an activating group) is 1. The zero-order valence-corrected chi connectivity index (χ0v) is 29.2. The molecule has 3 aliphatic rings. The van der Waals surface area contributed by atoms with Gasteiger partial charge in [0.2, 0.25) is 0 Å². The fraction of sp³-hybridized carbons (Fsp3) is 0.409. The van der Waals surface area contributed by atoms with Gasteiger partial charge in [-0.3, -0.25) is 0 Å². The van der Waals surface area contributed by atoms with Gasteiger partial charge >= 0.3 is 0 Å². The number of aromatic hydroxyl groups is 1. The highest BCUT2D eigenvalue weighted by Gasteiger charge is 2.54. The Bertz CT molecular complexity index is 1660. The minimum atomic E-state index is -0.0883. The maximum atomic E-state index is 10.4. The number of ether oxygens (including phenoxy) is 1. The van der Waals surface area contributed by atoms with E-state index in [0.29, 0.717) is 24.2 Å². The van der Waals surface area contributed by atoms with Crippen molar-refractivity contribution < 1.29 is 14.9 Å². The van der Waals surface area contributed by atoms with Crippen LogP contribution >= 0.6 is 0 Å². The third-order valence-electron chi connectivity index (χ3n) is 11.5. The lowest BCUT2D eigenvalue weighted by Gasteiger charge is -2.50. The number of aryl methyl sites for hydroxylation is 1. The van der Waals surface area contributed by atoms with Gasteiger partial charge in [-0.05, 0) is 145 Å². The second-order valence-electron chi connectivity index (χ2n) is 14.6. The summed E-state index contributed by atoms with van der Waals surface area (Å²) in [6.45, 7) is 6.14. The maximum absolute atomic E-state index is 10.4. The average molecular weight is 644 g/mol. The molecule has 0 amide bonds. The van der Waals surface area contributed by atoms with Crippen molar-refractivity contribution in [1.82, 2.24) is 4.90 Å². The van der Waals surface area contributed by atoms with Crippen LogP contribution in [-0.4, -0.2) is 48.5 Å². The van der Waals surface area contributed by atoms with Crippen LogP contribution in [0.15, 0.2) is 103 Å². The fourth-order valence-electron chi connectivity index (χ4n) is 8.89. The predicted molar refractivity (Wildman–Crippen MR) is 198 cm³/mol. The van der Waals surface area contributed by atoms with Gasteiger partial charge in [-0.15, -0.1) is 0 Å². The van der Waals surface area contributed by atoms with Crippen molar-refractivity contribution in [1.29, 1.82) is 0 Å². The number of aliphatic hydroxyl groups is 1. The zero-order valence-electron chi connectivity index (χ0n) is 29.2. The first kappa shape index (κ1) is 34.0. The van der Waals surface area contributed by atoms with Crippen molar-refractivity contribution >= 4 is 11.1 Å². The smallest absolute Gasteiger partial charge is 0.119 e. The number of benzene rings is 4. The fourth-order valence-corrected chi connectivity index (χ4v) is 8.89. The molecule has 4 nitrogen and oxygen atoms in total. The molecule has 3 aliphatic carbocycles. The Balaban J connectivity index is 0.000000176. The summed E-state index contributed by atoms with van der Waals surface area (Å²) < 4.78 is 5.87. The number of phenolic OH excluding ortho intramolecular Hbond substituents is 1. The van der Waals surface area contributed by atoms with Crippen molar-refractivity contribution in [3.8, 4) is 11.5 Å². The molecule has 4 aromatic carbocycles. The quantitative estimate of drug-likeness (QED) is 0.188. The number of allylic oxidation sites excluding steroid dienone is 1. The molecule has 48 heavy (non-hydrogen) atoms. The minimum absolute atomic E-state index is 0.0883. The molecule has 0 saturated heterocycles. The molecule has 5 atom stereocenters. The first-order chi connectivity index (χ1) is 23.3. The van der Waals surface area contributed by atoms with Crippen LogP contribution < -0.4 is 4.74 Å². The molecule has 2 saturated carbocycles. The Labute approximate surface area is 288 Å². The molecule has 252 valence electrons. The van der Waals surface area contributed by atoms with Gasteiger partial charge in [-0.2, -0.15) is 0 Å². The Hall–Kier alpha value is -3.86. The first-order valence-corrected chi connectivity index (χ1v) is 18.0. The Morgan fingerprint density at radius 1 is 0.812 bits per heavy atom. The Kier molecular flexibility index (Phi) is 10.7. The second kappa shape index (κ2) is 15.1. The van der Waals surface area contributed by atoms with Gasteiger partial charge in [0.05, 0.1) is 6.10 Å². The number of aliphatic hydroxyl groups excluding tert-OH is 1. The molecule has 0 radical (unpaired) electrons. The van der Waals surface area contributed by atoms with Gasteiger partial charge in [-0.25, -0.2) is 0 Å². The largest absolute Gasteiger partial charge is 0.508 e. The van der Waals surface area contributed by atoms with Gasteiger partial charge in [0.15, 0.2) is 0 Å². The van der Waals surface area contributed by atoms with Gasteiger partial charge < -0.3 is 19.8 Å². The van der Waals surface area contributed by atoms with E-state index in [9.17, 15) is 10.2 Å². The van der Waals surface area contributed by atoms with E-state index in [1.165, 1.54) is 58.2 Å². The predicted octanol–water partition coefficient (Wildman–Crippen LogP) is 9.61. The molecule has 0 spiro atoms. The third kappa shape index (κ3) is 7.26. The zero-order chi connectivity index (χ0) is 33.7. The van der Waals surface area contributed by atoms with Gasteiger partial charge in [-0.1, -0.05) is 92.7 Å². The molecule has 0 unspecified atom stereocenters. The van der Waals surface area contributed by atoms with Crippen LogP contribution in [0.1, 0.15) is 86.1 Å². The molecule has 0 aliphatic heterocycles. The number of rotatable bonds is 8. The molecule has 7 rings (SSSR count). The number of hydrogen-bond acceptors (Lipinski definition) is 4. The van der Waals surface area contributed by atoms with Crippen LogP contribution in [0.2, 0.25) is 0 Å². The lowest BCUT2D eigenvalue weighted by Crippen LogP contribution is -2.43. The molecular formula is C44H53NO3. The van der Waals surface area contributed by atoms with Crippen LogP contribution in [0.3, 0.4) is 0 Å². The van der Waals surface area contributed by atoms with Crippen LogP contribution in [-0.2, 0) is 6.42 Å². The Morgan fingerprint density at radius 2 is 1.48 bits per heavy atom. The van der Waals surface area contributed by atoms with Crippen molar-refractivity contribution in [2.24, 2.45) is 17.3 Å². The van der Waals surface area contributed by atoms with E-state index in [0.717, 1.165) is 43.9 Å². The molecule has 2 fully saturated rings. The second-order valence-corrected chi connectivity index (χ2v) is 14.6. The molecule has 2 N–H and O–H groups in total. The highest BCUT2D eigenvalue weighted by Crippen LogP contribution is 2.60. The van der Waals surface area contributed by atoms with E-state index < -0.39 is 0 Å². The molecule has 0 bridgehead atoms. The standard InChI is InChI=1S/C26H29NO.C18H24O2/c1-4-25(21-11-7-5-8-12-21)26(22-13-9-6-10-14-22)23-15-17-24(18-16-23)28-20-19-27(2)3;1-18-9-8-14-13-5-3-12(19)10-11(13)2-4-15(14)16(18)6-7-17(18)20/h5-18H,4,19-20H2,1-3H3;3,5,10,14-17,19-20H,2,4,6-9H2,1H3/b26-25-;/t;14-,15-,16+,17+,18+/m.1/s1. The summed E-state index contributed by atoms with van der Waals surface area (Å²) in [5.74, 6) is 3.40. The number of fused-ring (bicyclic) bond motifs is 5. The SMILES string of the molecule is CC/C(=C(\c1ccccc1)c1ccc(OCCN(C)C)cc1)c1ccccc1.C[C@]12CC[C@@H]3c4ccc(O)cc4CC[C@H]3[C@@H]1CC[C@@H]2O. The summed E-state index contributed by atoms with van der Waals surface area (Å²) in [5.41, 5.74) is 9.36. The average Bonchev–Trinajstić information content (AvgIpc) is 3.42. The number of hydrogen-bond donors (Lipinski definition) is 2. The van der Waals surface area contributed by atoms with E-state index in [-0.39, 0.29) is 11.5 Å². The molecule has 4 aromatic rings. The maximum Gasteiger partial charge on any atom is 0.119 e. The van der Waals surface area contributed by atoms with Crippen LogP contribution in [0.4, 0.5) is 0 Å². The summed E-state index contributed by atoms with van der Waals surface area (Å²) in [6.07, 6.45) is 7.75. The van der Waals surface area contributed by atoms with Crippen LogP contribution in [0.5, 0.6) is 11.5 Å². The summed E-state index contributed by atoms with van der Waals surface area (Å²) >= 11 is 0. The number of nitrogens with zero attached hydrogens (tertiary/aromatic N) is 1. The van der Waals surface area contributed by atoms with E-state index >= 15 is 0 Å². The van der Waals surface area contributed by atoms with Crippen molar-refractivity contribution in [2.45, 2.75) is 70.8 Å². The van der Waals surface area contributed by atoms with E-state index in [2.05, 4.69) is 124 Å². The molecule has 0 heterocycles. The third-order valence-corrected chi connectivity index (χ3v) is 11.5. The highest BCUT2D eigenvalue weighted by molar-refractivity contribution is 5.98. The Morgan fingerprint density at radius 3 is 2.15 bits per heavy atom. The summed E-state index contributed by atoms with van der Waals surface area (Å²) in [5, 5.41) is 20.0. The molecule has 0 aromatic heterocycles. The first-order valence-electron chi connectivity index (χ1n) is 18.0. The lowest BCUT2D eigenvalue weighted by molar-refractivity contribution is -0.0226. The monoisotopic (exact) mass is 643 g/mol. The van der Waals surface area contributed by atoms with Crippen LogP contribution in [0.25, 0.3) is 11.1 Å². The highest BCUT2D eigenvalue weighted by atomic mass is 16.5. The minimum Gasteiger partial charge on any atom is -0.508 e. The van der Waals surface area contributed by atoms with E-state index in [1.807, 2.05) is 12.1 Å². The van der Waals surface area contributed by atoms with Gasteiger partial charge in [0.25, 0.3) is 0 Å². The van der Waals surface area contributed by atoms with E-state index in [4.69, 9.17) is 4.74 Å². The van der Waals surface area contributed by atoms with Gasteiger partial charge in [0, 0.05) is 6.54 Å². The normalized spacial score (nSPS) is 24.8. The van der Waals surface area contributed by atoms with Crippen molar-refractivity contribution in [2.75, 3.05) is 27.2 Å². The van der Waals surface area contributed by atoms with E-state index in [1.54, 1.807) is 0 Å². The topological polar surface area (TPSA) is 52.9 Å². The summed E-state index contributed by atoms with van der Waals surface area (Å²) in [7, 11) is 4.11. The van der Waals surface area contributed by atoms with Crippen molar-refractivity contribution in [3.05, 3.63) is 131 Å². The lowest BCUT2D eigenvalue weighted by atomic mass is 9.55.